The number of hydrogen-bond acceptors (Lipinski definition) is 5. The number of nitrogens with one attached hydrogen (secondary N) is 2. The summed E-state index contributed by atoms with van der Waals surface area (Å²) in [6.07, 6.45) is 2.44. The Morgan fingerprint density at radius 1 is 1.00 bits per heavy atom. The molecule has 0 saturated carbocycles. The minimum absolute atomic E-state index is 0.0214. The van der Waals surface area contributed by atoms with Crippen molar-refractivity contribution in [3.8, 4) is 0 Å². The Balaban J connectivity index is 1.99. The van der Waals surface area contributed by atoms with E-state index in [1.54, 1.807) is 6.07 Å². The lowest BCUT2D eigenvalue weighted by atomic mass is 10.1. The average molecular weight is 326 g/mol. The molecule has 2 heterocycles. The fourth-order valence-corrected chi connectivity index (χ4v) is 2.25. The minimum Gasteiger partial charge on any atom is -0.478 e. The highest BCUT2D eigenvalue weighted by Crippen LogP contribution is 2.23. The van der Waals surface area contributed by atoms with Crippen molar-refractivity contribution in [2.24, 2.45) is 0 Å². The number of carboxylic acids is 2. The van der Waals surface area contributed by atoms with E-state index in [1.807, 2.05) is 0 Å². The zero-order valence-corrected chi connectivity index (χ0v) is 12.0. The molecule has 4 N–H and O–H groups in total. The van der Waals surface area contributed by atoms with Gasteiger partial charge in [-0.1, -0.05) is 12.1 Å². The van der Waals surface area contributed by atoms with Crippen LogP contribution in [0.15, 0.2) is 36.8 Å². The fraction of sp³-hybridized carbons (Fsp3) is 0. The van der Waals surface area contributed by atoms with E-state index in [4.69, 9.17) is 10.2 Å². The first-order valence-electron chi connectivity index (χ1n) is 6.68. The number of hydrogen-bond donors (Lipinski definition) is 4. The molecule has 0 radical (unpaired) electrons. The molecule has 1 aromatic carbocycles. The predicted octanol–water partition coefficient (Wildman–Crippen LogP) is 1.61. The summed E-state index contributed by atoms with van der Waals surface area (Å²) in [4.78, 5) is 45.0. The van der Waals surface area contributed by atoms with Crippen LogP contribution in [0.3, 0.4) is 0 Å². The molecule has 0 bridgehead atoms. The van der Waals surface area contributed by atoms with E-state index < -0.39 is 17.8 Å². The van der Waals surface area contributed by atoms with Crippen LogP contribution < -0.4 is 5.32 Å². The number of carbonyl (C=O) groups excluding carboxylic acids is 1. The Morgan fingerprint density at radius 3 is 2.38 bits per heavy atom. The highest BCUT2D eigenvalue weighted by molar-refractivity contribution is 6.13. The summed E-state index contributed by atoms with van der Waals surface area (Å²) in [6, 6.07) is 5.75. The summed E-state index contributed by atoms with van der Waals surface area (Å²) in [5, 5.41) is 20.8. The van der Waals surface area contributed by atoms with Gasteiger partial charge in [0.2, 0.25) is 0 Å². The summed E-state index contributed by atoms with van der Waals surface area (Å²) >= 11 is 0. The molecule has 1 amide bonds. The van der Waals surface area contributed by atoms with Gasteiger partial charge in [-0.2, -0.15) is 0 Å². The number of nitrogens with zero attached hydrogens (tertiary/aromatic N) is 2. The molecule has 0 aliphatic heterocycles. The van der Waals surface area contributed by atoms with Gasteiger partial charge in [-0.15, -0.1) is 0 Å². The van der Waals surface area contributed by atoms with Crippen LogP contribution in [-0.4, -0.2) is 43.0 Å². The standard InChI is InChI=1S/C15H10N4O5/c20-13(7-3-1-2-4-8(7)14(21)22)19-9-5-16-11-10(9)17-6-18-12(11)15(23)24/h1-6,16H,(H,19,20)(H,21,22)(H,23,24). The average Bonchev–Trinajstić information content (AvgIpc) is 2.97. The number of aromatic nitrogens is 3. The van der Waals surface area contributed by atoms with Crippen molar-refractivity contribution in [2.75, 3.05) is 5.32 Å². The molecule has 0 spiro atoms. The molecule has 0 fully saturated rings. The number of anilines is 1. The monoisotopic (exact) mass is 326 g/mol. The molecule has 0 atom stereocenters. The van der Waals surface area contributed by atoms with Gasteiger partial charge < -0.3 is 20.5 Å². The van der Waals surface area contributed by atoms with Gasteiger partial charge in [0.15, 0.2) is 5.69 Å². The quantitative estimate of drug-likeness (QED) is 0.569. The maximum absolute atomic E-state index is 12.4. The summed E-state index contributed by atoms with van der Waals surface area (Å²) in [5.74, 6) is -3.11. The van der Waals surface area contributed by atoms with Crippen molar-refractivity contribution < 1.29 is 24.6 Å². The van der Waals surface area contributed by atoms with Crippen LogP contribution in [0, 0.1) is 0 Å². The summed E-state index contributed by atoms with van der Waals surface area (Å²) in [7, 11) is 0. The van der Waals surface area contributed by atoms with Crippen LogP contribution in [0.1, 0.15) is 31.2 Å². The Morgan fingerprint density at radius 2 is 1.71 bits per heavy atom. The van der Waals surface area contributed by atoms with Crippen LogP contribution in [0.5, 0.6) is 0 Å². The Labute approximate surface area is 134 Å². The largest absolute Gasteiger partial charge is 0.478 e. The lowest BCUT2D eigenvalue weighted by molar-refractivity contribution is 0.0682. The van der Waals surface area contributed by atoms with Crippen molar-refractivity contribution in [3.63, 3.8) is 0 Å². The lowest BCUT2D eigenvalue weighted by Crippen LogP contribution is -2.16. The maximum atomic E-state index is 12.4. The number of carboxylic acid groups (broad SMARTS) is 2. The topological polar surface area (TPSA) is 145 Å². The third kappa shape index (κ3) is 2.54. The van der Waals surface area contributed by atoms with Gasteiger partial charge in [-0.05, 0) is 12.1 Å². The van der Waals surface area contributed by atoms with Gasteiger partial charge in [0, 0.05) is 6.20 Å². The number of benzene rings is 1. The molecule has 0 aliphatic carbocycles. The first kappa shape index (κ1) is 15.2. The maximum Gasteiger partial charge on any atom is 0.356 e. The van der Waals surface area contributed by atoms with Gasteiger partial charge in [0.05, 0.1) is 16.8 Å². The number of carbonyl (C=O) groups is 3. The fourth-order valence-electron chi connectivity index (χ4n) is 2.25. The van der Waals surface area contributed by atoms with Crippen LogP contribution in [0.4, 0.5) is 5.69 Å². The second-order valence-corrected chi connectivity index (χ2v) is 4.76. The molecule has 9 heteroatoms. The van der Waals surface area contributed by atoms with E-state index in [9.17, 15) is 14.4 Å². The molecule has 0 saturated heterocycles. The number of amides is 1. The highest BCUT2D eigenvalue weighted by atomic mass is 16.4. The van der Waals surface area contributed by atoms with Crippen molar-refractivity contribution in [3.05, 3.63) is 53.6 Å². The van der Waals surface area contributed by atoms with E-state index in [1.165, 1.54) is 24.4 Å². The molecule has 2 aromatic heterocycles. The van der Waals surface area contributed by atoms with Crippen LogP contribution in [0.2, 0.25) is 0 Å². The zero-order chi connectivity index (χ0) is 17.3. The van der Waals surface area contributed by atoms with Crippen LogP contribution >= 0.6 is 0 Å². The third-order valence-corrected chi connectivity index (χ3v) is 3.32. The predicted molar refractivity (Wildman–Crippen MR) is 82.2 cm³/mol. The Bertz CT molecular complexity index is 979. The molecule has 0 aliphatic rings. The van der Waals surface area contributed by atoms with Crippen LogP contribution in [0.25, 0.3) is 11.0 Å². The van der Waals surface area contributed by atoms with Crippen molar-refractivity contribution in [2.45, 2.75) is 0 Å². The van der Waals surface area contributed by atoms with E-state index >= 15 is 0 Å². The zero-order valence-electron chi connectivity index (χ0n) is 12.0. The number of fused-ring (bicyclic) bond motifs is 1. The molecule has 0 unspecified atom stereocenters. The number of aromatic amines is 1. The summed E-state index contributed by atoms with van der Waals surface area (Å²) < 4.78 is 0. The molecule has 3 rings (SSSR count). The molecule has 24 heavy (non-hydrogen) atoms. The van der Waals surface area contributed by atoms with Gasteiger partial charge >= 0.3 is 11.9 Å². The summed E-state index contributed by atoms with van der Waals surface area (Å²) in [5.41, 5.74) is 0.199. The summed E-state index contributed by atoms with van der Waals surface area (Å²) in [6.45, 7) is 0. The lowest BCUT2D eigenvalue weighted by Gasteiger charge is -2.06. The minimum atomic E-state index is -1.24. The van der Waals surface area contributed by atoms with Crippen molar-refractivity contribution in [1.82, 2.24) is 15.0 Å². The van der Waals surface area contributed by atoms with Gasteiger partial charge in [0.25, 0.3) is 5.91 Å². The van der Waals surface area contributed by atoms with E-state index in [2.05, 4.69) is 20.3 Å². The van der Waals surface area contributed by atoms with E-state index in [0.717, 1.165) is 6.33 Å². The van der Waals surface area contributed by atoms with E-state index in [0.29, 0.717) is 0 Å². The Kier molecular flexibility index (Phi) is 3.66. The number of aromatic carboxylic acids is 2. The second kappa shape index (κ2) is 5.80. The smallest absolute Gasteiger partial charge is 0.356 e. The van der Waals surface area contributed by atoms with Crippen molar-refractivity contribution >= 4 is 34.6 Å². The number of H-pyrrole nitrogens is 1. The molecule has 120 valence electrons. The highest BCUT2D eigenvalue weighted by Gasteiger charge is 2.19. The molecular formula is C15H10N4O5. The van der Waals surface area contributed by atoms with Gasteiger partial charge in [-0.25, -0.2) is 19.6 Å². The van der Waals surface area contributed by atoms with E-state index in [-0.39, 0.29) is 33.5 Å². The first-order valence-corrected chi connectivity index (χ1v) is 6.68. The molecule has 3 aromatic rings. The number of rotatable bonds is 4. The molecular weight excluding hydrogens is 316 g/mol. The Hall–Kier alpha value is -3.75. The SMILES string of the molecule is O=C(O)c1ccccc1C(=O)Nc1c[nH]c2c(C(=O)O)ncnc12. The first-order chi connectivity index (χ1) is 11.5. The molecule has 9 nitrogen and oxygen atoms in total. The second-order valence-electron chi connectivity index (χ2n) is 4.76. The van der Waals surface area contributed by atoms with Crippen LogP contribution in [-0.2, 0) is 0 Å². The van der Waals surface area contributed by atoms with Gasteiger partial charge in [0.1, 0.15) is 17.4 Å². The normalized spacial score (nSPS) is 10.5. The van der Waals surface area contributed by atoms with Crippen molar-refractivity contribution in [1.29, 1.82) is 0 Å². The van der Waals surface area contributed by atoms with Gasteiger partial charge in [-0.3, -0.25) is 4.79 Å². The third-order valence-electron chi connectivity index (χ3n) is 3.32.